The van der Waals surface area contributed by atoms with Gasteiger partial charge in [0.25, 0.3) is 0 Å². The van der Waals surface area contributed by atoms with Crippen LogP contribution in [0.3, 0.4) is 0 Å². The third-order valence-electron chi connectivity index (χ3n) is 3.83. The van der Waals surface area contributed by atoms with Crippen molar-refractivity contribution >= 4 is 26.9 Å². The summed E-state index contributed by atoms with van der Waals surface area (Å²) in [7, 11) is 0. The number of fused-ring (bicyclic) bond motifs is 1. The Labute approximate surface area is 122 Å². The number of furan rings is 1. The highest BCUT2D eigenvalue weighted by molar-refractivity contribution is 9.10. The van der Waals surface area contributed by atoms with E-state index in [9.17, 15) is 0 Å². The Bertz CT molecular complexity index is 558. The van der Waals surface area contributed by atoms with E-state index in [0.29, 0.717) is 6.04 Å². The van der Waals surface area contributed by atoms with Crippen molar-refractivity contribution in [3.63, 3.8) is 0 Å². The van der Waals surface area contributed by atoms with E-state index in [-0.39, 0.29) is 0 Å². The first kappa shape index (κ1) is 13.2. The van der Waals surface area contributed by atoms with Gasteiger partial charge in [0.2, 0.25) is 0 Å². The van der Waals surface area contributed by atoms with Gasteiger partial charge in [-0.2, -0.15) is 0 Å². The van der Waals surface area contributed by atoms with E-state index >= 15 is 0 Å². The Morgan fingerprint density at radius 3 is 3.05 bits per heavy atom. The monoisotopic (exact) mass is 322 g/mol. The van der Waals surface area contributed by atoms with E-state index in [4.69, 9.17) is 4.42 Å². The average Bonchev–Trinajstić information content (AvgIpc) is 2.64. The molecular weight excluding hydrogens is 304 g/mol. The second kappa shape index (κ2) is 5.65. The molecule has 1 atom stereocenters. The Hall–Kier alpha value is -0.840. The molecule has 0 saturated carbocycles. The zero-order valence-electron chi connectivity index (χ0n) is 11.2. The normalized spacial score (nSPS) is 19.5. The summed E-state index contributed by atoms with van der Waals surface area (Å²) >= 11 is 3.51. The molecule has 0 radical (unpaired) electrons. The molecule has 0 spiro atoms. The maximum absolute atomic E-state index is 6.00. The van der Waals surface area contributed by atoms with Gasteiger partial charge in [-0.15, -0.1) is 0 Å². The van der Waals surface area contributed by atoms with Crippen molar-refractivity contribution in [3.8, 4) is 0 Å². The Morgan fingerprint density at radius 2 is 2.16 bits per heavy atom. The fraction of sp³-hybridized carbons (Fsp3) is 0.467. The maximum atomic E-state index is 6.00. The quantitative estimate of drug-likeness (QED) is 0.916. The van der Waals surface area contributed by atoms with Crippen LogP contribution in [0.25, 0.3) is 11.0 Å². The first-order chi connectivity index (χ1) is 9.24. The van der Waals surface area contributed by atoms with Crippen LogP contribution in [0.1, 0.15) is 25.1 Å². The number of nitrogens with zero attached hydrogens (tertiary/aromatic N) is 1. The summed E-state index contributed by atoms with van der Waals surface area (Å²) in [6.07, 6.45) is 1.20. The number of hydrogen-bond acceptors (Lipinski definition) is 3. The molecule has 4 heteroatoms. The molecule has 0 aliphatic carbocycles. The predicted octanol–water partition coefficient (Wildman–Crippen LogP) is 3.55. The molecule has 1 aliphatic rings. The van der Waals surface area contributed by atoms with E-state index in [1.165, 1.54) is 11.8 Å². The Balaban J connectivity index is 1.85. The zero-order valence-corrected chi connectivity index (χ0v) is 12.7. The minimum absolute atomic E-state index is 0.339. The van der Waals surface area contributed by atoms with Gasteiger partial charge in [-0.25, -0.2) is 0 Å². The molecule has 0 bridgehead atoms. The lowest BCUT2D eigenvalue weighted by atomic mass is 10.2. The van der Waals surface area contributed by atoms with Gasteiger partial charge in [-0.1, -0.05) is 15.9 Å². The topological polar surface area (TPSA) is 28.4 Å². The second-order valence-electron chi connectivity index (χ2n) is 5.15. The molecule has 1 N–H and O–H groups in total. The molecule has 3 rings (SSSR count). The molecule has 3 nitrogen and oxygen atoms in total. The molecule has 102 valence electrons. The highest BCUT2D eigenvalue weighted by Gasteiger charge is 2.20. The number of rotatable bonds is 2. The van der Waals surface area contributed by atoms with Crippen molar-refractivity contribution < 1.29 is 4.42 Å². The van der Waals surface area contributed by atoms with E-state index in [0.717, 1.165) is 42.0 Å². The van der Waals surface area contributed by atoms with Crippen LogP contribution in [0, 0.1) is 0 Å². The highest BCUT2D eigenvalue weighted by Crippen LogP contribution is 2.29. The fourth-order valence-corrected chi connectivity index (χ4v) is 3.05. The minimum atomic E-state index is 0.339. The van der Waals surface area contributed by atoms with Crippen molar-refractivity contribution in [2.24, 2.45) is 0 Å². The number of nitrogens with one attached hydrogen (secondary N) is 1. The molecule has 0 amide bonds. The van der Waals surface area contributed by atoms with Crippen molar-refractivity contribution in [1.82, 2.24) is 10.2 Å². The molecule has 2 heterocycles. The van der Waals surface area contributed by atoms with Crippen LogP contribution in [-0.4, -0.2) is 31.1 Å². The molecule has 2 aromatic rings. The van der Waals surface area contributed by atoms with Gasteiger partial charge < -0.3 is 9.73 Å². The SMILES string of the molecule is CC(c1cc2cc(Br)ccc2o1)N1CCCNCC1. The van der Waals surface area contributed by atoms with Crippen LogP contribution in [-0.2, 0) is 0 Å². The largest absolute Gasteiger partial charge is 0.459 e. The fourth-order valence-electron chi connectivity index (χ4n) is 2.67. The lowest BCUT2D eigenvalue weighted by Gasteiger charge is -2.25. The lowest BCUT2D eigenvalue weighted by molar-refractivity contribution is 0.203. The summed E-state index contributed by atoms with van der Waals surface area (Å²) in [4.78, 5) is 2.49. The average molecular weight is 323 g/mol. The van der Waals surface area contributed by atoms with Crippen LogP contribution in [0.4, 0.5) is 0 Å². The summed E-state index contributed by atoms with van der Waals surface area (Å²) < 4.78 is 7.09. The lowest BCUT2D eigenvalue weighted by Crippen LogP contribution is -2.30. The first-order valence-corrected chi connectivity index (χ1v) is 7.67. The van der Waals surface area contributed by atoms with E-state index in [1.54, 1.807) is 0 Å². The van der Waals surface area contributed by atoms with Crippen molar-refractivity contribution in [1.29, 1.82) is 0 Å². The zero-order chi connectivity index (χ0) is 13.2. The summed E-state index contributed by atoms with van der Waals surface area (Å²) in [5.74, 6) is 1.06. The van der Waals surface area contributed by atoms with Gasteiger partial charge in [0.1, 0.15) is 11.3 Å². The minimum Gasteiger partial charge on any atom is -0.459 e. The Kier molecular flexibility index (Phi) is 3.91. The van der Waals surface area contributed by atoms with Gasteiger partial charge in [0.15, 0.2) is 0 Å². The predicted molar refractivity (Wildman–Crippen MR) is 81.4 cm³/mol. The number of hydrogen-bond donors (Lipinski definition) is 1. The van der Waals surface area contributed by atoms with Crippen LogP contribution in [0.5, 0.6) is 0 Å². The number of halogens is 1. The van der Waals surface area contributed by atoms with E-state index in [1.807, 2.05) is 12.1 Å². The standard InChI is InChI=1S/C15H19BrN2O/c1-11(18-7-2-5-17-6-8-18)15-10-12-9-13(16)3-4-14(12)19-15/h3-4,9-11,17H,2,5-8H2,1H3. The number of benzene rings is 1. The van der Waals surface area contributed by atoms with Gasteiger partial charge in [-0.3, -0.25) is 4.90 Å². The third-order valence-corrected chi connectivity index (χ3v) is 4.32. The van der Waals surface area contributed by atoms with Crippen LogP contribution < -0.4 is 5.32 Å². The van der Waals surface area contributed by atoms with Crippen molar-refractivity contribution in [3.05, 3.63) is 34.5 Å². The molecule has 1 unspecified atom stereocenters. The molecule has 1 fully saturated rings. The van der Waals surface area contributed by atoms with Gasteiger partial charge in [-0.05, 0) is 44.2 Å². The van der Waals surface area contributed by atoms with Crippen molar-refractivity contribution in [2.75, 3.05) is 26.2 Å². The van der Waals surface area contributed by atoms with Gasteiger partial charge in [0, 0.05) is 29.5 Å². The van der Waals surface area contributed by atoms with Gasteiger partial charge in [0.05, 0.1) is 6.04 Å². The van der Waals surface area contributed by atoms with E-state index in [2.05, 4.69) is 45.2 Å². The Morgan fingerprint density at radius 1 is 1.26 bits per heavy atom. The summed E-state index contributed by atoms with van der Waals surface area (Å²) in [6, 6.07) is 8.67. The smallest absolute Gasteiger partial charge is 0.134 e. The van der Waals surface area contributed by atoms with Gasteiger partial charge >= 0.3 is 0 Å². The first-order valence-electron chi connectivity index (χ1n) is 6.88. The van der Waals surface area contributed by atoms with Crippen molar-refractivity contribution in [2.45, 2.75) is 19.4 Å². The maximum Gasteiger partial charge on any atom is 0.134 e. The van der Waals surface area contributed by atoms with Crippen LogP contribution in [0.15, 0.2) is 33.2 Å². The molecule has 1 aromatic heterocycles. The molecular formula is C15H19BrN2O. The highest BCUT2D eigenvalue weighted by atomic mass is 79.9. The second-order valence-corrected chi connectivity index (χ2v) is 6.06. The summed E-state index contributed by atoms with van der Waals surface area (Å²) in [6.45, 7) is 6.64. The molecule has 1 aliphatic heterocycles. The molecule has 19 heavy (non-hydrogen) atoms. The molecule has 1 saturated heterocycles. The summed E-state index contributed by atoms with van der Waals surface area (Å²) in [5.41, 5.74) is 0.970. The van der Waals surface area contributed by atoms with Crippen LogP contribution >= 0.6 is 15.9 Å². The third kappa shape index (κ3) is 2.86. The summed E-state index contributed by atoms with van der Waals surface area (Å²) in [5, 5.41) is 4.61. The molecule has 1 aromatic carbocycles. The van der Waals surface area contributed by atoms with E-state index < -0.39 is 0 Å². The van der Waals surface area contributed by atoms with Crippen LogP contribution in [0.2, 0.25) is 0 Å².